The van der Waals surface area contributed by atoms with Crippen LogP contribution in [0, 0.1) is 0 Å². The number of anilines is 2. The van der Waals surface area contributed by atoms with E-state index >= 15 is 0 Å². The first-order valence-electron chi connectivity index (χ1n) is 11.0. The van der Waals surface area contributed by atoms with Crippen LogP contribution in [0.3, 0.4) is 0 Å². The second-order valence-electron chi connectivity index (χ2n) is 8.24. The number of hydrogen-bond acceptors (Lipinski definition) is 6. The zero-order valence-corrected chi connectivity index (χ0v) is 18.9. The van der Waals surface area contributed by atoms with Gasteiger partial charge in [-0.25, -0.2) is 4.79 Å². The first kappa shape index (κ1) is 21.6. The van der Waals surface area contributed by atoms with Gasteiger partial charge in [-0.3, -0.25) is 9.69 Å². The Balaban J connectivity index is 1.13. The number of amides is 2. The Kier molecular flexibility index (Phi) is 6.11. The SMILES string of the molecule is O=C1CSc2ccc(N3C[C@H](CCCNCc4c(O)ccc5ccccc45)OC3=O)cc2N1. The summed E-state index contributed by atoms with van der Waals surface area (Å²) in [6, 6.07) is 17.3. The van der Waals surface area contributed by atoms with E-state index in [1.54, 1.807) is 11.0 Å². The van der Waals surface area contributed by atoms with Gasteiger partial charge in [0, 0.05) is 22.7 Å². The Morgan fingerprint density at radius 2 is 2.03 bits per heavy atom. The summed E-state index contributed by atoms with van der Waals surface area (Å²) in [7, 11) is 0. The maximum Gasteiger partial charge on any atom is 0.414 e. The number of fused-ring (bicyclic) bond motifs is 2. The molecule has 2 aliphatic rings. The average molecular weight is 464 g/mol. The molecule has 0 aromatic heterocycles. The van der Waals surface area contributed by atoms with Gasteiger partial charge in [0.15, 0.2) is 0 Å². The van der Waals surface area contributed by atoms with Gasteiger partial charge in [0.1, 0.15) is 11.9 Å². The molecule has 170 valence electrons. The van der Waals surface area contributed by atoms with Gasteiger partial charge >= 0.3 is 6.09 Å². The predicted molar refractivity (Wildman–Crippen MR) is 130 cm³/mol. The van der Waals surface area contributed by atoms with Gasteiger partial charge in [0.2, 0.25) is 5.91 Å². The van der Waals surface area contributed by atoms with Gasteiger partial charge in [-0.2, -0.15) is 0 Å². The molecule has 0 aliphatic carbocycles. The summed E-state index contributed by atoms with van der Waals surface area (Å²) in [4.78, 5) is 26.7. The van der Waals surface area contributed by atoms with Crippen LogP contribution < -0.4 is 15.5 Å². The van der Waals surface area contributed by atoms with Crippen molar-refractivity contribution < 1.29 is 19.4 Å². The smallest absolute Gasteiger partial charge is 0.414 e. The molecule has 2 amide bonds. The fourth-order valence-corrected chi connectivity index (χ4v) is 5.09. The standard InChI is InChI=1S/C25H25N3O4S/c29-22-9-7-16-4-1-2-6-19(16)20(22)13-26-11-3-5-18-14-28(25(31)32-18)17-8-10-23-21(12-17)27-24(30)15-33-23/h1-2,4,6-10,12,18,26,29H,3,5,11,13-15H2,(H,27,30)/t18-/m0/s1. The normalized spacial score (nSPS) is 17.7. The third-order valence-electron chi connectivity index (χ3n) is 5.98. The molecule has 0 spiro atoms. The van der Waals surface area contributed by atoms with Crippen LogP contribution in [0.4, 0.5) is 16.2 Å². The zero-order valence-electron chi connectivity index (χ0n) is 18.0. The number of benzene rings is 3. The summed E-state index contributed by atoms with van der Waals surface area (Å²) in [6.45, 7) is 1.81. The maximum absolute atomic E-state index is 12.4. The minimum absolute atomic E-state index is 0.0316. The Hall–Kier alpha value is -3.23. The molecule has 1 atom stereocenters. The number of nitrogens with one attached hydrogen (secondary N) is 2. The molecular formula is C25H25N3O4S. The number of phenols is 1. The molecule has 3 aromatic carbocycles. The second kappa shape index (κ2) is 9.33. The van der Waals surface area contributed by atoms with E-state index in [0.29, 0.717) is 24.6 Å². The van der Waals surface area contributed by atoms with Gasteiger partial charge in [-0.05, 0) is 54.4 Å². The number of carbonyl (C=O) groups is 2. The number of phenolic OH excluding ortho intramolecular Hbond substituents is 1. The minimum atomic E-state index is -0.358. The lowest BCUT2D eigenvalue weighted by molar-refractivity contribution is -0.113. The van der Waals surface area contributed by atoms with Crippen molar-refractivity contribution in [1.29, 1.82) is 0 Å². The summed E-state index contributed by atoms with van der Waals surface area (Å²) in [6.07, 6.45) is 1.05. The topological polar surface area (TPSA) is 90.9 Å². The van der Waals surface area contributed by atoms with Crippen LogP contribution in [-0.2, 0) is 16.1 Å². The molecular weight excluding hydrogens is 438 g/mol. The van der Waals surface area contributed by atoms with Crippen molar-refractivity contribution in [3.05, 3.63) is 60.2 Å². The molecule has 3 aromatic rings. The highest BCUT2D eigenvalue weighted by Gasteiger charge is 2.32. The molecule has 5 rings (SSSR count). The molecule has 2 heterocycles. The van der Waals surface area contributed by atoms with E-state index in [4.69, 9.17) is 4.74 Å². The summed E-state index contributed by atoms with van der Waals surface area (Å²) < 4.78 is 5.56. The number of thioether (sulfide) groups is 1. The molecule has 0 saturated carbocycles. The van der Waals surface area contributed by atoms with Crippen LogP contribution in [0.2, 0.25) is 0 Å². The summed E-state index contributed by atoms with van der Waals surface area (Å²) in [5.74, 6) is 0.672. The molecule has 3 N–H and O–H groups in total. The van der Waals surface area contributed by atoms with Crippen LogP contribution in [0.15, 0.2) is 59.5 Å². The van der Waals surface area contributed by atoms with Crippen molar-refractivity contribution in [2.24, 2.45) is 0 Å². The van der Waals surface area contributed by atoms with Crippen molar-refractivity contribution in [1.82, 2.24) is 5.32 Å². The minimum Gasteiger partial charge on any atom is -0.508 e. The average Bonchev–Trinajstić information content (AvgIpc) is 3.20. The third kappa shape index (κ3) is 4.62. The number of ether oxygens (including phenoxy) is 1. The lowest BCUT2D eigenvalue weighted by Gasteiger charge is -2.20. The van der Waals surface area contributed by atoms with Gasteiger partial charge in [0.25, 0.3) is 0 Å². The number of rotatable bonds is 7. The van der Waals surface area contributed by atoms with Crippen LogP contribution >= 0.6 is 11.8 Å². The molecule has 1 fully saturated rings. The fraction of sp³-hybridized carbons (Fsp3) is 0.280. The lowest BCUT2D eigenvalue weighted by atomic mass is 10.0. The van der Waals surface area contributed by atoms with E-state index in [1.165, 1.54) is 11.8 Å². The highest BCUT2D eigenvalue weighted by molar-refractivity contribution is 8.00. The van der Waals surface area contributed by atoms with Crippen molar-refractivity contribution >= 4 is 45.9 Å². The summed E-state index contributed by atoms with van der Waals surface area (Å²) in [5, 5.41) is 18.7. The quantitative estimate of drug-likeness (QED) is 0.448. The van der Waals surface area contributed by atoms with Crippen LogP contribution in [0.5, 0.6) is 5.75 Å². The van der Waals surface area contributed by atoms with Crippen molar-refractivity contribution in [2.75, 3.05) is 29.1 Å². The van der Waals surface area contributed by atoms with E-state index in [2.05, 4.69) is 10.6 Å². The maximum atomic E-state index is 12.4. The Morgan fingerprint density at radius 1 is 1.15 bits per heavy atom. The Morgan fingerprint density at radius 3 is 2.94 bits per heavy atom. The fourth-order valence-electron chi connectivity index (χ4n) is 4.30. The highest BCUT2D eigenvalue weighted by atomic mass is 32.2. The van der Waals surface area contributed by atoms with E-state index in [9.17, 15) is 14.7 Å². The number of aromatic hydroxyl groups is 1. The highest BCUT2D eigenvalue weighted by Crippen LogP contribution is 2.35. The van der Waals surface area contributed by atoms with Crippen LogP contribution in [-0.4, -0.2) is 42.1 Å². The first-order valence-corrected chi connectivity index (χ1v) is 12.0. The molecule has 0 unspecified atom stereocenters. The van der Waals surface area contributed by atoms with Crippen LogP contribution in [0.25, 0.3) is 10.8 Å². The molecule has 0 radical (unpaired) electrons. The number of nitrogens with zero attached hydrogens (tertiary/aromatic N) is 1. The van der Waals surface area contributed by atoms with Crippen molar-refractivity contribution in [2.45, 2.75) is 30.4 Å². The van der Waals surface area contributed by atoms with Crippen LogP contribution in [0.1, 0.15) is 18.4 Å². The van der Waals surface area contributed by atoms with E-state index in [-0.39, 0.29) is 18.1 Å². The zero-order chi connectivity index (χ0) is 22.8. The lowest BCUT2D eigenvalue weighted by Crippen LogP contribution is -2.25. The van der Waals surface area contributed by atoms with Gasteiger partial charge in [-0.15, -0.1) is 11.8 Å². The monoisotopic (exact) mass is 463 g/mol. The van der Waals surface area contributed by atoms with Gasteiger partial charge in [-0.1, -0.05) is 30.3 Å². The molecule has 2 aliphatic heterocycles. The molecule has 7 nitrogen and oxygen atoms in total. The van der Waals surface area contributed by atoms with Crippen molar-refractivity contribution in [3.8, 4) is 5.75 Å². The second-order valence-corrected chi connectivity index (χ2v) is 9.25. The molecule has 33 heavy (non-hydrogen) atoms. The third-order valence-corrected chi connectivity index (χ3v) is 7.05. The van der Waals surface area contributed by atoms with Gasteiger partial charge < -0.3 is 20.5 Å². The summed E-state index contributed by atoms with van der Waals surface area (Å²) in [5.41, 5.74) is 2.36. The Labute approximate surface area is 196 Å². The van der Waals surface area contributed by atoms with Crippen molar-refractivity contribution in [3.63, 3.8) is 0 Å². The Bertz CT molecular complexity index is 1220. The predicted octanol–water partition coefficient (Wildman–Crippen LogP) is 4.48. The number of carbonyl (C=O) groups excluding carboxylic acids is 2. The first-order chi connectivity index (χ1) is 16.1. The number of hydrogen-bond donors (Lipinski definition) is 3. The molecule has 1 saturated heterocycles. The van der Waals surface area contributed by atoms with E-state index < -0.39 is 0 Å². The molecule has 0 bridgehead atoms. The summed E-state index contributed by atoms with van der Waals surface area (Å²) >= 11 is 1.50. The largest absolute Gasteiger partial charge is 0.508 e. The van der Waals surface area contributed by atoms with E-state index in [1.807, 2.05) is 48.5 Å². The molecule has 8 heteroatoms. The van der Waals surface area contributed by atoms with E-state index in [0.717, 1.165) is 52.0 Å². The number of cyclic esters (lactones) is 1. The van der Waals surface area contributed by atoms with Gasteiger partial charge in [0.05, 0.1) is 18.0 Å².